The van der Waals surface area contributed by atoms with Crippen LogP contribution in [0.4, 0.5) is 0 Å². The van der Waals surface area contributed by atoms with E-state index < -0.39 is 12.1 Å². The average molecular weight is 327 g/mol. The first kappa shape index (κ1) is 15.6. The number of carbonyl (C=O) groups excluding carboxylic acids is 1. The molecule has 2 rings (SSSR count). The zero-order chi connectivity index (χ0) is 15.6. The Kier molecular flexibility index (Phi) is 4.73. The van der Waals surface area contributed by atoms with Gasteiger partial charge in [0.1, 0.15) is 17.6 Å². The lowest BCUT2D eigenvalue weighted by atomic mass is 10.1. The Bertz CT molecular complexity index is 691. The molecule has 2 aromatic rings. The van der Waals surface area contributed by atoms with Gasteiger partial charge in [-0.1, -0.05) is 29.8 Å². The number of furan rings is 1. The van der Waals surface area contributed by atoms with Crippen LogP contribution in [-0.2, 0) is 9.53 Å². The summed E-state index contributed by atoms with van der Waals surface area (Å²) in [6.45, 7) is 3.49. The molecule has 6 heteroatoms. The van der Waals surface area contributed by atoms with E-state index in [-0.39, 0.29) is 11.3 Å². The van der Waals surface area contributed by atoms with Crippen LogP contribution in [-0.4, -0.2) is 18.2 Å². The molecule has 1 atom stereocenters. The summed E-state index contributed by atoms with van der Waals surface area (Å²) in [4.78, 5) is 11.3. The van der Waals surface area contributed by atoms with Crippen molar-refractivity contribution in [1.29, 1.82) is 0 Å². The highest BCUT2D eigenvalue weighted by Gasteiger charge is 2.22. The standard InChI is InChI=1S/C15H12Cl2O4/c1-8(15(19)20-2)14(18)13-6-5-12(21-13)9-3-4-10(16)11(17)7-9/h3-7,14,18H,1H2,2H3. The molecule has 0 aliphatic heterocycles. The van der Waals surface area contributed by atoms with E-state index in [9.17, 15) is 9.90 Å². The molecule has 1 aromatic carbocycles. The van der Waals surface area contributed by atoms with Gasteiger partial charge in [0.05, 0.1) is 22.7 Å². The van der Waals surface area contributed by atoms with Crippen LogP contribution >= 0.6 is 23.2 Å². The number of methoxy groups -OCH3 is 1. The number of ether oxygens (including phenoxy) is 1. The van der Waals surface area contributed by atoms with Crippen LogP contribution in [0.1, 0.15) is 11.9 Å². The molecule has 0 aliphatic rings. The van der Waals surface area contributed by atoms with Crippen molar-refractivity contribution >= 4 is 29.2 Å². The third kappa shape index (κ3) is 3.29. The fraction of sp³-hybridized carbons (Fsp3) is 0.133. The summed E-state index contributed by atoms with van der Waals surface area (Å²) >= 11 is 11.8. The molecule has 0 saturated heterocycles. The highest BCUT2D eigenvalue weighted by molar-refractivity contribution is 6.42. The van der Waals surface area contributed by atoms with E-state index in [0.29, 0.717) is 21.4 Å². The number of esters is 1. The summed E-state index contributed by atoms with van der Waals surface area (Å²) in [7, 11) is 1.21. The Hall–Kier alpha value is -1.75. The summed E-state index contributed by atoms with van der Waals surface area (Å²) in [5, 5.41) is 10.8. The van der Waals surface area contributed by atoms with Gasteiger partial charge >= 0.3 is 5.97 Å². The second-order valence-electron chi connectivity index (χ2n) is 4.25. The second kappa shape index (κ2) is 6.35. The number of hydrogen-bond acceptors (Lipinski definition) is 4. The van der Waals surface area contributed by atoms with Crippen molar-refractivity contribution in [3.8, 4) is 11.3 Å². The lowest BCUT2D eigenvalue weighted by Crippen LogP contribution is -2.11. The quantitative estimate of drug-likeness (QED) is 0.681. The molecule has 1 unspecified atom stereocenters. The summed E-state index contributed by atoms with van der Waals surface area (Å²) in [6, 6.07) is 8.23. The fourth-order valence-corrected chi connectivity index (χ4v) is 2.02. The number of benzene rings is 1. The summed E-state index contributed by atoms with van der Waals surface area (Å²) in [5.74, 6) is -0.0262. The maximum Gasteiger partial charge on any atom is 0.336 e. The van der Waals surface area contributed by atoms with Gasteiger partial charge in [-0.2, -0.15) is 0 Å². The van der Waals surface area contributed by atoms with E-state index in [1.54, 1.807) is 30.3 Å². The third-order valence-corrected chi connectivity index (χ3v) is 3.62. The topological polar surface area (TPSA) is 59.7 Å². The molecule has 0 aliphatic carbocycles. The van der Waals surface area contributed by atoms with Gasteiger partial charge in [-0.3, -0.25) is 0 Å². The smallest absolute Gasteiger partial charge is 0.336 e. The third-order valence-electron chi connectivity index (χ3n) is 2.88. The first-order valence-electron chi connectivity index (χ1n) is 5.94. The molecule has 1 heterocycles. The average Bonchev–Trinajstić information content (AvgIpc) is 2.97. The predicted molar refractivity (Wildman–Crippen MR) is 80.3 cm³/mol. The monoisotopic (exact) mass is 326 g/mol. The maximum atomic E-state index is 11.3. The highest BCUT2D eigenvalue weighted by Crippen LogP contribution is 2.32. The zero-order valence-electron chi connectivity index (χ0n) is 11.1. The molecule has 4 nitrogen and oxygen atoms in total. The van der Waals surface area contributed by atoms with Gasteiger partial charge in [-0.25, -0.2) is 4.79 Å². The van der Waals surface area contributed by atoms with E-state index in [1.807, 2.05) is 0 Å². The van der Waals surface area contributed by atoms with E-state index in [4.69, 9.17) is 27.6 Å². The zero-order valence-corrected chi connectivity index (χ0v) is 12.6. The molecule has 0 fully saturated rings. The van der Waals surface area contributed by atoms with Crippen LogP contribution < -0.4 is 0 Å². The largest absolute Gasteiger partial charge is 0.466 e. The van der Waals surface area contributed by atoms with E-state index in [1.165, 1.54) is 7.11 Å². The van der Waals surface area contributed by atoms with Gasteiger partial charge in [0, 0.05) is 5.56 Å². The molecule has 0 bridgehead atoms. The van der Waals surface area contributed by atoms with Crippen molar-refractivity contribution < 1.29 is 19.1 Å². The van der Waals surface area contributed by atoms with Crippen LogP contribution in [0.3, 0.4) is 0 Å². The Morgan fingerprint density at radius 2 is 2.00 bits per heavy atom. The van der Waals surface area contributed by atoms with Crippen molar-refractivity contribution in [1.82, 2.24) is 0 Å². The number of halogens is 2. The lowest BCUT2D eigenvalue weighted by Gasteiger charge is -2.09. The normalized spacial score (nSPS) is 12.0. The van der Waals surface area contributed by atoms with Crippen LogP contribution in [0.15, 0.2) is 46.9 Å². The number of aliphatic hydroxyl groups excluding tert-OH is 1. The molecule has 1 N–H and O–H groups in total. The number of aliphatic hydroxyl groups is 1. The van der Waals surface area contributed by atoms with E-state index in [2.05, 4.69) is 11.3 Å². The molecule has 0 saturated carbocycles. The Balaban J connectivity index is 2.27. The molecular formula is C15H12Cl2O4. The molecule has 21 heavy (non-hydrogen) atoms. The van der Waals surface area contributed by atoms with Gasteiger partial charge < -0.3 is 14.3 Å². The summed E-state index contributed by atoms with van der Waals surface area (Å²) < 4.78 is 10.0. The van der Waals surface area contributed by atoms with Crippen molar-refractivity contribution in [3.05, 3.63) is 58.3 Å². The van der Waals surface area contributed by atoms with Crippen LogP contribution in [0.5, 0.6) is 0 Å². The van der Waals surface area contributed by atoms with Crippen LogP contribution in [0.2, 0.25) is 10.0 Å². The summed E-state index contributed by atoms with van der Waals surface area (Å²) in [6.07, 6.45) is -1.27. The molecule has 110 valence electrons. The van der Waals surface area contributed by atoms with Crippen molar-refractivity contribution in [2.45, 2.75) is 6.10 Å². The summed E-state index contributed by atoms with van der Waals surface area (Å²) in [5.41, 5.74) is 0.596. The predicted octanol–water partition coefficient (Wildman–Crippen LogP) is 4.02. The van der Waals surface area contributed by atoms with Gasteiger partial charge in [0.2, 0.25) is 0 Å². The SMILES string of the molecule is C=C(C(=O)OC)C(O)c1ccc(-c2ccc(Cl)c(Cl)c2)o1. The molecule has 0 radical (unpaired) electrons. The second-order valence-corrected chi connectivity index (χ2v) is 5.06. The van der Waals surface area contributed by atoms with Gasteiger partial charge in [0.25, 0.3) is 0 Å². The minimum Gasteiger partial charge on any atom is -0.466 e. The van der Waals surface area contributed by atoms with E-state index >= 15 is 0 Å². The van der Waals surface area contributed by atoms with E-state index in [0.717, 1.165) is 0 Å². The minimum absolute atomic E-state index is 0.104. The lowest BCUT2D eigenvalue weighted by molar-refractivity contribution is -0.137. The Morgan fingerprint density at radius 3 is 2.62 bits per heavy atom. The Labute approximate surface area is 131 Å². The molecular weight excluding hydrogens is 315 g/mol. The highest BCUT2D eigenvalue weighted by atomic mass is 35.5. The van der Waals surface area contributed by atoms with Crippen LogP contribution in [0.25, 0.3) is 11.3 Å². The maximum absolute atomic E-state index is 11.3. The molecule has 0 spiro atoms. The molecule has 0 amide bonds. The molecule has 1 aromatic heterocycles. The van der Waals surface area contributed by atoms with Crippen LogP contribution in [0, 0.1) is 0 Å². The van der Waals surface area contributed by atoms with Gasteiger partial charge in [0.15, 0.2) is 0 Å². The van der Waals surface area contributed by atoms with Crippen molar-refractivity contribution in [2.24, 2.45) is 0 Å². The first-order chi connectivity index (χ1) is 9.93. The van der Waals surface area contributed by atoms with Crippen molar-refractivity contribution in [3.63, 3.8) is 0 Å². The minimum atomic E-state index is -1.27. The van der Waals surface area contributed by atoms with Crippen molar-refractivity contribution in [2.75, 3.05) is 7.11 Å². The van der Waals surface area contributed by atoms with Gasteiger partial charge in [-0.05, 0) is 30.3 Å². The number of hydrogen-bond donors (Lipinski definition) is 1. The van der Waals surface area contributed by atoms with Gasteiger partial charge in [-0.15, -0.1) is 0 Å². The first-order valence-corrected chi connectivity index (χ1v) is 6.70. The number of rotatable bonds is 4. The number of carbonyl (C=O) groups is 1. The Morgan fingerprint density at radius 1 is 1.29 bits per heavy atom. The fourth-order valence-electron chi connectivity index (χ4n) is 1.72.